The lowest BCUT2D eigenvalue weighted by Gasteiger charge is -2.45. The normalized spacial score (nSPS) is 30.9. The number of esters is 1. The summed E-state index contributed by atoms with van der Waals surface area (Å²) >= 11 is 0. The van der Waals surface area contributed by atoms with Gasteiger partial charge in [0.2, 0.25) is 0 Å². The molecule has 0 aromatic heterocycles. The summed E-state index contributed by atoms with van der Waals surface area (Å²) in [6.45, 7) is 31.9. The molecule has 0 bridgehead atoms. The van der Waals surface area contributed by atoms with Gasteiger partial charge in [-0.05, 0) is 109 Å². The first-order valence-electron chi connectivity index (χ1n) is 18.6. The summed E-state index contributed by atoms with van der Waals surface area (Å²) in [6.07, 6.45) is 8.41. The zero-order chi connectivity index (χ0) is 38.3. The van der Waals surface area contributed by atoms with Crippen LogP contribution in [0.3, 0.4) is 0 Å². The summed E-state index contributed by atoms with van der Waals surface area (Å²) < 4.78 is 59.1. The summed E-state index contributed by atoms with van der Waals surface area (Å²) in [5.41, 5.74) is 0.150. The fourth-order valence-corrected chi connectivity index (χ4v) is 10.6. The van der Waals surface area contributed by atoms with E-state index in [4.69, 9.17) is 8.85 Å². The maximum absolute atomic E-state index is 13.6. The van der Waals surface area contributed by atoms with E-state index in [9.17, 15) is 23.1 Å². The third kappa shape index (κ3) is 9.00. The van der Waals surface area contributed by atoms with Crippen molar-refractivity contribution in [3.05, 3.63) is 47.6 Å². The van der Waals surface area contributed by atoms with E-state index >= 15 is 0 Å². The van der Waals surface area contributed by atoms with Gasteiger partial charge in [-0.2, -0.15) is 13.2 Å². The van der Waals surface area contributed by atoms with Gasteiger partial charge in [-0.1, -0.05) is 91.8 Å². The minimum atomic E-state index is -5.13. The van der Waals surface area contributed by atoms with Gasteiger partial charge >= 0.3 is 12.1 Å². The molecule has 5 nitrogen and oxygen atoms in total. The van der Waals surface area contributed by atoms with Gasteiger partial charge in [0.15, 0.2) is 16.6 Å². The lowest BCUT2D eigenvalue weighted by molar-refractivity contribution is -0.260. The molecule has 0 aromatic carbocycles. The van der Waals surface area contributed by atoms with Gasteiger partial charge in [-0.15, -0.1) is 0 Å². The van der Waals surface area contributed by atoms with Crippen molar-refractivity contribution < 1.29 is 36.7 Å². The van der Waals surface area contributed by atoms with E-state index < -0.39 is 40.8 Å². The van der Waals surface area contributed by atoms with Crippen molar-refractivity contribution in [2.24, 2.45) is 23.2 Å². The molecule has 7 atom stereocenters. The van der Waals surface area contributed by atoms with Crippen LogP contribution < -0.4 is 0 Å². The summed E-state index contributed by atoms with van der Waals surface area (Å²) in [4.78, 5) is 11.9. The molecule has 0 spiro atoms. The number of rotatable bonds is 10. The Balaban J connectivity index is 1.88. The molecule has 3 rings (SSSR count). The summed E-state index contributed by atoms with van der Waals surface area (Å²) in [7, 11) is -3.25. The number of ether oxygens (including phenoxy) is 1. The van der Waals surface area contributed by atoms with Crippen molar-refractivity contribution >= 4 is 22.6 Å². The predicted octanol–water partition coefficient (Wildman–Crippen LogP) is 11.2. The topological polar surface area (TPSA) is 65.0 Å². The van der Waals surface area contributed by atoms with E-state index in [2.05, 4.69) is 98.1 Å². The van der Waals surface area contributed by atoms with E-state index in [0.717, 1.165) is 57.6 Å². The van der Waals surface area contributed by atoms with Gasteiger partial charge in [0.1, 0.15) is 0 Å². The van der Waals surface area contributed by atoms with Crippen molar-refractivity contribution in [3.8, 4) is 0 Å². The second-order valence-corrected chi connectivity index (χ2v) is 28.2. The Morgan fingerprint density at radius 1 is 1.02 bits per heavy atom. The van der Waals surface area contributed by atoms with Gasteiger partial charge in [-0.25, -0.2) is 4.79 Å². The van der Waals surface area contributed by atoms with Crippen LogP contribution in [0.25, 0.3) is 0 Å². The Labute approximate surface area is 303 Å². The van der Waals surface area contributed by atoms with E-state index in [0.29, 0.717) is 5.92 Å². The first-order chi connectivity index (χ1) is 22.6. The molecule has 1 N–H and O–H groups in total. The Kier molecular flexibility index (Phi) is 13.0. The zero-order valence-electron chi connectivity index (χ0n) is 33.3. The second kappa shape index (κ2) is 15.1. The van der Waals surface area contributed by atoms with Gasteiger partial charge in [0.05, 0.1) is 19.3 Å². The molecule has 0 radical (unpaired) electrons. The predicted molar refractivity (Wildman–Crippen MR) is 203 cm³/mol. The van der Waals surface area contributed by atoms with Crippen LogP contribution >= 0.6 is 0 Å². The lowest BCUT2D eigenvalue weighted by atomic mass is 9.61. The largest absolute Gasteiger partial charge is 0.467 e. The van der Waals surface area contributed by atoms with E-state index in [1.54, 1.807) is 6.08 Å². The lowest BCUT2D eigenvalue weighted by Crippen LogP contribution is -2.52. The number of hydrogen-bond acceptors (Lipinski definition) is 5. The van der Waals surface area contributed by atoms with Crippen molar-refractivity contribution in [2.75, 3.05) is 7.11 Å². The zero-order valence-corrected chi connectivity index (χ0v) is 35.3. The third-order valence-corrected chi connectivity index (χ3v) is 22.3. The van der Waals surface area contributed by atoms with Gasteiger partial charge in [0, 0.05) is 12.8 Å². The molecular weight excluding hydrogens is 674 g/mol. The van der Waals surface area contributed by atoms with Crippen LogP contribution in [0.5, 0.6) is 0 Å². The molecule has 0 heterocycles. The van der Waals surface area contributed by atoms with E-state index in [-0.39, 0.29) is 39.5 Å². The molecule has 3 aliphatic carbocycles. The Bertz CT molecular complexity index is 1340. The molecule has 50 heavy (non-hydrogen) atoms. The van der Waals surface area contributed by atoms with Crippen molar-refractivity contribution in [1.29, 1.82) is 0 Å². The Morgan fingerprint density at radius 2 is 1.60 bits per heavy atom. The highest BCUT2D eigenvalue weighted by molar-refractivity contribution is 6.74. The monoisotopic (exact) mass is 740 g/mol. The van der Waals surface area contributed by atoms with Crippen LogP contribution in [-0.4, -0.2) is 58.8 Å². The van der Waals surface area contributed by atoms with Crippen LogP contribution in [0.15, 0.2) is 47.6 Å². The first-order valence-corrected chi connectivity index (χ1v) is 24.4. The average molecular weight is 741 g/mol. The molecule has 3 saturated carbocycles. The van der Waals surface area contributed by atoms with Gasteiger partial charge in [-0.3, -0.25) is 0 Å². The van der Waals surface area contributed by atoms with Crippen LogP contribution in [0.1, 0.15) is 107 Å². The molecule has 0 saturated heterocycles. The maximum Gasteiger partial charge on any atom is 0.428 e. The van der Waals surface area contributed by atoms with Crippen LogP contribution in [0.4, 0.5) is 13.2 Å². The summed E-state index contributed by atoms with van der Waals surface area (Å²) in [6, 6.07) is 0. The molecule has 0 unspecified atom stereocenters. The number of allylic oxidation sites excluding steroid dienone is 4. The molecule has 3 fully saturated rings. The molecular formula is C40H67F3O5Si2. The smallest absolute Gasteiger partial charge is 0.428 e. The fourth-order valence-electron chi connectivity index (χ4n) is 7.98. The fraction of sp³-hybridized carbons (Fsp3) is 0.775. The average Bonchev–Trinajstić information content (AvgIpc) is 3.32. The number of fused-ring (bicyclic) bond motifs is 1. The minimum Gasteiger partial charge on any atom is -0.467 e. The number of hydrogen-bond donors (Lipinski definition) is 1. The van der Waals surface area contributed by atoms with E-state index in [1.165, 1.54) is 17.2 Å². The minimum absolute atomic E-state index is 0.000554. The SMILES string of the molecule is C=C1/C(=C\C=C2\CCC[C@]3(C)[C@@H]([C@H](C)/C=C/C[C@](O)(C(=O)OC)C(F)(F)F)CC[C@@H]23)C[C@@H](O[Si](C)(C)C(C)(C)C)C[C@@H]1O[Si](C)(C)C(C)(C)C. The van der Waals surface area contributed by atoms with Crippen molar-refractivity contribution in [2.45, 2.75) is 167 Å². The van der Waals surface area contributed by atoms with E-state index in [1.807, 2.05) is 6.92 Å². The highest BCUT2D eigenvalue weighted by Gasteiger charge is 2.60. The number of carbonyl (C=O) groups is 1. The highest BCUT2D eigenvalue weighted by atomic mass is 28.4. The van der Waals surface area contributed by atoms with Gasteiger partial charge < -0.3 is 18.7 Å². The van der Waals surface area contributed by atoms with Crippen LogP contribution in [0.2, 0.25) is 36.3 Å². The summed E-state index contributed by atoms with van der Waals surface area (Å²) in [5.74, 6) is -1.06. The standard InChI is InChI=1S/C40H67F3O5Si2/c1-27(17-15-24-39(45,35(44)46-10)40(41,42)43)32-21-22-33-29(18-16-23-38(32,33)9)19-20-30-25-31(47-49(11,12)36(3,4)5)26-34(28(30)2)48-50(13,14)37(6,7)8/h15,17,19-20,27,31-34,45H,2,16,18,21-26H2,1,3-14H3/b17-15+,29-19-,30-20-/t27-,31-,32-,33+,34+,38-,39+/m1/s1. The Morgan fingerprint density at radius 3 is 2.14 bits per heavy atom. The third-order valence-electron chi connectivity index (χ3n) is 13.3. The van der Waals surface area contributed by atoms with Crippen molar-refractivity contribution in [3.63, 3.8) is 0 Å². The van der Waals surface area contributed by atoms with Gasteiger partial charge in [0.25, 0.3) is 5.60 Å². The van der Waals surface area contributed by atoms with Crippen LogP contribution in [0, 0.1) is 23.2 Å². The molecule has 0 aliphatic heterocycles. The number of carbonyl (C=O) groups excluding carboxylic acids is 1. The Hall–Kier alpha value is -1.47. The highest BCUT2D eigenvalue weighted by Crippen LogP contribution is 2.59. The quantitative estimate of drug-likeness (QED) is 0.137. The van der Waals surface area contributed by atoms with Crippen molar-refractivity contribution in [1.82, 2.24) is 0 Å². The van der Waals surface area contributed by atoms with Crippen LogP contribution in [-0.2, 0) is 18.4 Å². The maximum atomic E-state index is 13.6. The number of halogens is 3. The molecule has 286 valence electrons. The first kappa shape index (κ1) is 42.9. The molecule has 10 heteroatoms. The second-order valence-electron chi connectivity index (χ2n) is 18.7. The molecule has 0 aromatic rings. The molecule has 3 aliphatic rings. The number of aliphatic hydroxyl groups is 1. The summed E-state index contributed by atoms with van der Waals surface area (Å²) in [5, 5.41) is 10.4. The number of alkyl halides is 3. The number of methoxy groups -OCH3 is 1. The molecule has 0 amide bonds.